The molecule has 1 aliphatic rings. The summed E-state index contributed by atoms with van der Waals surface area (Å²) < 4.78 is 12.0. The smallest absolute Gasteiger partial charge is 0.121 e. The van der Waals surface area contributed by atoms with Gasteiger partial charge in [-0.2, -0.15) is 0 Å². The zero-order valence-corrected chi connectivity index (χ0v) is 12.3. The second kappa shape index (κ2) is 4.39. The first-order valence-electron chi connectivity index (χ1n) is 6.69. The monoisotopic (exact) mass is 251 g/mol. The molecule has 0 saturated carbocycles. The van der Waals surface area contributed by atoms with E-state index in [1.54, 1.807) is 0 Å². The molecular weight excluding hydrogens is 226 g/mol. The van der Waals surface area contributed by atoms with E-state index in [9.17, 15) is 0 Å². The van der Waals surface area contributed by atoms with Crippen molar-refractivity contribution in [2.24, 2.45) is 5.92 Å². The van der Waals surface area contributed by atoms with Gasteiger partial charge in [0.25, 0.3) is 0 Å². The van der Waals surface area contributed by atoms with Crippen molar-refractivity contribution in [3.8, 4) is 0 Å². The number of ether oxygens (including phenoxy) is 1. The van der Waals surface area contributed by atoms with Crippen LogP contribution in [0, 0.1) is 12.8 Å². The summed E-state index contributed by atoms with van der Waals surface area (Å²) in [5.74, 6) is 2.37. The number of hydrogen-bond acceptors (Lipinski definition) is 3. The van der Waals surface area contributed by atoms with Gasteiger partial charge in [-0.3, -0.25) is 0 Å². The second-order valence-corrected chi connectivity index (χ2v) is 6.49. The number of aryl methyl sites for hydroxylation is 1. The zero-order valence-electron chi connectivity index (χ0n) is 12.3. The van der Waals surface area contributed by atoms with E-state index in [-0.39, 0.29) is 17.2 Å². The maximum absolute atomic E-state index is 6.18. The molecule has 1 aromatic rings. The molecule has 3 nitrogen and oxygen atoms in total. The van der Waals surface area contributed by atoms with Crippen LogP contribution >= 0.6 is 0 Å². The third kappa shape index (κ3) is 2.47. The van der Waals surface area contributed by atoms with Gasteiger partial charge in [-0.1, -0.05) is 0 Å². The normalized spacial score (nSPS) is 27.3. The van der Waals surface area contributed by atoms with Gasteiger partial charge >= 0.3 is 0 Å². The Morgan fingerprint density at radius 2 is 1.94 bits per heavy atom. The van der Waals surface area contributed by atoms with E-state index in [1.807, 2.05) is 20.0 Å². The lowest BCUT2D eigenvalue weighted by molar-refractivity contribution is -0.0783. The number of rotatable bonds is 3. The van der Waals surface area contributed by atoms with E-state index in [4.69, 9.17) is 9.15 Å². The third-order valence-electron chi connectivity index (χ3n) is 3.92. The van der Waals surface area contributed by atoms with Crippen molar-refractivity contribution in [3.05, 3.63) is 23.7 Å². The van der Waals surface area contributed by atoms with Crippen LogP contribution in [-0.2, 0) is 4.74 Å². The van der Waals surface area contributed by atoms with Gasteiger partial charge < -0.3 is 14.5 Å². The first-order chi connectivity index (χ1) is 8.25. The highest BCUT2D eigenvalue weighted by molar-refractivity contribution is 5.14. The first-order valence-corrected chi connectivity index (χ1v) is 6.69. The quantitative estimate of drug-likeness (QED) is 0.893. The van der Waals surface area contributed by atoms with Gasteiger partial charge in [0.15, 0.2) is 0 Å². The van der Waals surface area contributed by atoms with E-state index < -0.39 is 0 Å². The fourth-order valence-corrected chi connectivity index (χ4v) is 3.29. The molecule has 102 valence electrons. The molecule has 2 atom stereocenters. The zero-order chi connectivity index (χ0) is 13.6. The van der Waals surface area contributed by atoms with Crippen LogP contribution in [0.2, 0.25) is 0 Å². The molecule has 1 N–H and O–H groups in total. The first kappa shape index (κ1) is 13.6. The molecule has 0 aromatic carbocycles. The molecule has 1 saturated heterocycles. The van der Waals surface area contributed by atoms with Gasteiger partial charge in [0.2, 0.25) is 0 Å². The minimum atomic E-state index is -0.141. The molecule has 0 radical (unpaired) electrons. The standard InChI is InChI=1S/C15H25NO2/c1-10-7-8-12(17-10)13(16-6)11-9-14(2,3)18-15(11,4)5/h7-8,11,13,16H,9H2,1-6H3. The molecular formula is C15H25NO2. The van der Waals surface area contributed by atoms with Crippen LogP contribution in [0.3, 0.4) is 0 Å². The Labute approximate surface area is 110 Å². The van der Waals surface area contributed by atoms with Crippen LogP contribution in [0.1, 0.15) is 51.7 Å². The second-order valence-electron chi connectivity index (χ2n) is 6.49. The minimum Gasteiger partial charge on any atom is -0.465 e. The molecule has 1 aromatic heterocycles. The van der Waals surface area contributed by atoms with Crippen LogP contribution in [-0.4, -0.2) is 18.2 Å². The highest BCUT2D eigenvalue weighted by Gasteiger charge is 2.49. The summed E-state index contributed by atoms with van der Waals surface area (Å²) in [5.41, 5.74) is -0.206. The molecule has 0 amide bonds. The summed E-state index contributed by atoms with van der Waals surface area (Å²) >= 11 is 0. The lowest BCUT2D eigenvalue weighted by Crippen LogP contribution is -2.37. The molecule has 0 aliphatic carbocycles. The Balaban J connectivity index is 2.28. The average Bonchev–Trinajstić information content (AvgIpc) is 2.70. The van der Waals surface area contributed by atoms with E-state index in [0.29, 0.717) is 5.92 Å². The van der Waals surface area contributed by atoms with Gasteiger partial charge in [0, 0.05) is 5.92 Å². The topological polar surface area (TPSA) is 34.4 Å². The van der Waals surface area contributed by atoms with Crippen molar-refractivity contribution in [1.82, 2.24) is 5.32 Å². The largest absolute Gasteiger partial charge is 0.465 e. The Kier molecular flexibility index (Phi) is 3.32. The number of nitrogens with one attached hydrogen (secondary N) is 1. The SMILES string of the molecule is CNC(c1ccc(C)o1)C1CC(C)(C)OC1(C)C. The highest BCUT2D eigenvalue weighted by atomic mass is 16.5. The van der Waals surface area contributed by atoms with Gasteiger partial charge in [0.05, 0.1) is 17.2 Å². The maximum atomic E-state index is 6.18. The number of hydrogen-bond donors (Lipinski definition) is 1. The molecule has 18 heavy (non-hydrogen) atoms. The highest BCUT2D eigenvalue weighted by Crippen LogP contribution is 2.47. The Hall–Kier alpha value is -0.800. The summed E-state index contributed by atoms with van der Waals surface area (Å²) in [6.07, 6.45) is 1.03. The summed E-state index contributed by atoms with van der Waals surface area (Å²) in [7, 11) is 1.99. The van der Waals surface area contributed by atoms with Gasteiger partial charge in [0.1, 0.15) is 11.5 Å². The van der Waals surface area contributed by atoms with Crippen LogP contribution < -0.4 is 5.32 Å². The van der Waals surface area contributed by atoms with E-state index in [2.05, 4.69) is 39.1 Å². The van der Waals surface area contributed by atoms with Crippen LogP contribution in [0.4, 0.5) is 0 Å². The Bertz CT molecular complexity index is 420. The van der Waals surface area contributed by atoms with Gasteiger partial charge in [-0.25, -0.2) is 0 Å². The van der Waals surface area contributed by atoms with Crippen molar-refractivity contribution < 1.29 is 9.15 Å². The van der Waals surface area contributed by atoms with Crippen LogP contribution in [0.5, 0.6) is 0 Å². The molecule has 0 spiro atoms. The van der Waals surface area contributed by atoms with Crippen molar-refractivity contribution in [1.29, 1.82) is 0 Å². The number of furan rings is 1. The fraction of sp³-hybridized carbons (Fsp3) is 0.733. The van der Waals surface area contributed by atoms with Crippen LogP contribution in [0.15, 0.2) is 16.5 Å². The van der Waals surface area contributed by atoms with Crippen molar-refractivity contribution in [2.75, 3.05) is 7.05 Å². The minimum absolute atomic E-state index is 0.0646. The van der Waals surface area contributed by atoms with Crippen molar-refractivity contribution in [3.63, 3.8) is 0 Å². The van der Waals surface area contributed by atoms with Crippen molar-refractivity contribution >= 4 is 0 Å². The fourth-order valence-electron chi connectivity index (χ4n) is 3.29. The van der Waals surface area contributed by atoms with E-state index in [0.717, 1.165) is 17.9 Å². The molecule has 2 rings (SSSR count). The Morgan fingerprint density at radius 1 is 1.28 bits per heavy atom. The average molecular weight is 251 g/mol. The predicted molar refractivity (Wildman–Crippen MR) is 72.6 cm³/mol. The molecule has 3 heteroatoms. The molecule has 0 bridgehead atoms. The molecule has 1 fully saturated rings. The third-order valence-corrected chi connectivity index (χ3v) is 3.92. The molecule has 1 aliphatic heterocycles. The lowest BCUT2D eigenvalue weighted by atomic mass is 9.81. The van der Waals surface area contributed by atoms with Gasteiger partial charge in [-0.05, 0) is 60.2 Å². The summed E-state index contributed by atoms with van der Waals surface area (Å²) in [6, 6.07) is 4.29. The molecule has 2 heterocycles. The Morgan fingerprint density at radius 3 is 2.33 bits per heavy atom. The molecule has 2 unspecified atom stereocenters. The lowest BCUT2D eigenvalue weighted by Gasteiger charge is -2.31. The van der Waals surface area contributed by atoms with Crippen LogP contribution in [0.25, 0.3) is 0 Å². The van der Waals surface area contributed by atoms with E-state index >= 15 is 0 Å². The summed E-state index contributed by atoms with van der Waals surface area (Å²) in [5, 5.41) is 3.39. The van der Waals surface area contributed by atoms with Gasteiger partial charge in [-0.15, -0.1) is 0 Å². The maximum Gasteiger partial charge on any atom is 0.121 e. The summed E-state index contributed by atoms with van der Waals surface area (Å²) in [6.45, 7) is 10.7. The predicted octanol–water partition coefficient (Wildman–Crippen LogP) is 3.44. The summed E-state index contributed by atoms with van der Waals surface area (Å²) in [4.78, 5) is 0. The van der Waals surface area contributed by atoms with Crippen molar-refractivity contribution in [2.45, 2.75) is 58.3 Å². The van der Waals surface area contributed by atoms with E-state index in [1.165, 1.54) is 0 Å².